The van der Waals surface area contributed by atoms with Crippen molar-refractivity contribution in [1.82, 2.24) is 5.32 Å². The molecule has 1 aromatic rings. The Labute approximate surface area is 106 Å². The van der Waals surface area contributed by atoms with Crippen LogP contribution in [0.5, 0.6) is 5.75 Å². The van der Waals surface area contributed by atoms with E-state index in [4.69, 9.17) is 11.1 Å². The van der Waals surface area contributed by atoms with Crippen LogP contribution in [0.2, 0.25) is 0 Å². The van der Waals surface area contributed by atoms with Crippen molar-refractivity contribution in [3.8, 4) is 5.75 Å². The van der Waals surface area contributed by atoms with Crippen molar-refractivity contribution >= 4 is 24.3 Å². The molecular weight excluding hydrogens is 275 g/mol. The molecule has 1 amide bonds. The Morgan fingerprint density at radius 3 is 2.50 bits per heavy atom. The zero-order valence-electron chi connectivity index (χ0n) is 8.75. The van der Waals surface area contributed by atoms with Gasteiger partial charge in [0.1, 0.15) is 5.75 Å². The van der Waals surface area contributed by atoms with E-state index in [1.54, 1.807) is 0 Å². The lowest BCUT2D eigenvalue weighted by Crippen LogP contribution is -2.35. The minimum Gasteiger partial charge on any atom is -0.406 e. The summed E-state index contributed by atoms with van der Waals surface area (Å²) >= 11 is 0. The minimum atomic E-state index is -4.82. The van der Waals surface area contributed by atoms with Crippen LogP contribution in [-0.4, -0.2) is 18.2 Å². The number of carbonyl (C=O) groups excluding carboxylic acids is 1. The highest BCUT2D eigenvalue weighted by Crippen LogP contribution is 2.23. The summed E-state index contributed by atoms with van der Waals surface area (Å²) in [4.78, 5) is 11.3. The Balaban J connectivity index is 0.00000289. The van der Waals surface area contributed by atoms with Gasteiger partial charge in [-0.2, -0.15) is 0 Å². The molecule has 4 N–H and O–H groups in total. The average molecular weight is 284 g/mol. The van der Waals surface area contributed by atoms with Crippen LogP contribution in [0.1, 0.15) is 10.4 Å². The molecular formula is C9H9ClF3N3O2. The van der Waals surface area contributed by atoms with Gasteiger partial charge in [-0.05, 0) is 18.2 Å². The third-order valence-corrected chi connectivity index (χ3v) is 1.58. The molecule has 0 bridgehead atoms. The Morgan fingerprint density at radius 1 is 1.39 bits per heavy atom. The molecule has 1 rings (SSSR count). The molecule has 1 aromatic carbocycles. The maximum absolute atomic E-state index is 11.9. The molecule has 0 unspecified atom stereocenters. The summed E-state index contributed by atoms with van der Waals surface area (Å²) in [5.74, 6) is -1.91. The number of benzene rings is 1. The molecule has 0 saturated heterocycles. The van der Waals surface area contributed by atoms with E-state index >= 15 is 0 Å². The van der Waals surface area contributed by atoms with Crippen LogP contribution in [0.4, 0.5) is 13.2 Å². The van der Waals surface area contributed by atoms with Crippen molar-refractivity contribution in [2.45, 2.75) is 6.36 Å². The van der Waals surface area contributed by atoms with E-state index in [0.717, 1.165) is 12.1 Å². The molecule has 0 aliphatic carbocycles. The minimum absolute atomic E-state index is 0. The van der Waals surface area contributed by atoms with Gasteiger partial charge in [0.25, 0.3) is 5.91 Å². The quantitative estimate of drug-likeness (QED) is 0.569. The Kier molecular flexibility index (Phi) is 5.44. The lowest BCUT2D eigenvalue weighted by atomic mass is 10.2. The maximum atomic E-state index is 11.9. The van der Waals surface area contributed by atoms with Crippen molar-refractivity contribution in [1.29, 1.82) is 5.41 Å². The first kappa shape index (κ1) is 16.0. The molecule has 0 aliphatic rings. The second-order valence-electron chi connectivity index (χ2n) is 2.94. The zero-order chi connectivity index (χ0) is 13.1. The van der Waals surface area contributed by atoms with Crippen molar-refractivity contribution in [2.24, 2.45) is 5.73 Å². The monoisotopic (exact) mass is 283 g/mol. The molecule has 0 aliphatic heterocycles. The smallest absolute Gasteiger partial charge is 0.406 e. The Hall–Kier alpha value is -1.96. The highest BCUT2D eigenvalue weighted by Gasteiger charge is 2.31. The Bertz CT molecular complexity index is 451. The van der Waals surface area contributed by atoms with E-state index in [1.807, 2.05) is 5.32 Å². The SMILES string of the molecule is Cl.N=C(N)NC(=O)c1cccc(OC(F)(F)F)c1. The number of hydrogen-bond acceptors (Lipinski definition) is 3. The number of halogens is 4. The number of ether oxygens (including phenoxy) is 1. The lowest BCUT2D eigenvalue weighted by molar-refractivity contribution is -0.274. The van der Waals surface area contributed by atoms with Gasteiger partial charge < -0.3 is 10.5 Å². The molecule has 0 saturated carbocycles. The van der Waals surface area contributed by atoms with Crippen molar-refractivity contribution in [3.05, 3.63) is 29.8 Å². The second kappa shape index (κ2) is 6.10. The molecule has 0 radical (unpaired) electrons. The molecule has 0 atom stereocenters. The Morgan fingerprint density at radius 2 is 2.00 bits per heavy atom. The lowest BCUT2D eigenvalue weighted by Gasteiger charge is -2.09. The fraction of sp³-hybridized carbons (Fsp3) is 0.111. The van der Waals surface area contributed by atoms with Crippen LogP contribution >= 0.6 is 12.4 Å². The van der Waals surface area contributed by atoms with Gasteiger partial charge in [-0.25, -0.2) is 0 Å². The third kappa shape index (κ3) is 5.39. The van der Waals surface area contributed by atoms with Crippen LogP contribution in [-0.2, 0) is 0 Å². The number of guanidine groups is 1. The summed E-state index contributed by atoms with van der Waals surface area (Å²) in [6.07, 6.45) is -4.82. The molecule has 0 heterocycles. The summed E-state index contributed by atoms with van der Waals surface area (Å²) in [5.41, 5.74) is 4.82. The van der Waals surface area contributed by atoms with Crippen LogP contribution < -0.4 is 15.8 Å². The summed E-state index contributed by atoms with van der Waals surface area (Å²) in [5, 5.41) is 8.74. The van der Waals surface area contributed by atoms with Crippen LogP contribution in [0, 0.1) is 5.41 Å². The average Bonchev–Trinajstić information content (AvgIpc) is 2.14. The molecule has 18 heavy (non-hydrogen) atoms. The highest BCUT2D eigenvalue weighted by molar-refractivity contribution is 6.04. The van der Waals surface area contributed by atoms with E-state index in [9.17, 15) is 18.0 Å². The van der Waals surface area contributed by atoms with Gasteiger partial charge >= 0.3 is 6.36 Å². The van der Waals surface area contributed by atoms with E-state index < -0.39 is 24.0 Å². The van der Waals surface area contributed by atoms with Gasteiger partial charge in [0.05, 0.1) is 0 Å². The van der Waals surface area contributed by atoms with E-state index in [0.29, 0.717) is 0 Å². The standard InChI is InChI=1S/C9H8F3N3O2.ClH/c10-9(11,12)17-6-3-1-2-5(4-6)7(16)15-8(13)14;/h1-4H,(H4,13,14,15,16);1H. The predicted molar refractivity (Wildman–Crippen MR) is 59.8 cm³/mol. The van der Waals surface area contributed by atoms with Crippen molar-refractivity contribution in [2.75, 3.05) is 0 Å². The summed E-state index contributed by atoms with van der Waals surface area (Å²) < 4.78 is 39.4. The fourth-order valence-electron chi connectivity index (χ4n) is 1.03. The molecule has 5 nitrogen and oxygen atoms in total. The number of rotatable bonds is 2. The van der Waals surface area contributed by atoms with Gasteiger partial charge in [-0.1, -0.05) is 6.07 Å². The van der Waals surface area contributed by atoms with Gasteiger partial charge in [0, 0.05) is 5.56 Å². The number of hydrogen-bond donors (Lipinski definition) is 3. The number of nitrogens with two attached hydrogens (primary N) is 1. The summed E-state index contributed by atoms with van der Waals surface area (Å²) in [6, 6.07) is 4.43. The zero-order valence-corrected chi connectivity index (χ0v) is 9.56. The van der Waals surface area contributed by atoms with Crippen LogP contribution in [0.25, 0.3) is 0 Å². The summed E-state index contributed by atoms with van der Waals surface area (Å²) in [6.45, 7) is 0. The number of nitrogens with one attached hydrogen (secondary N) is 2. The van der Waals surface area contributed by atoms with Gasteiger partial charge in [-0.3, -0.25) is 15.5 Å². The maximum Gasteiger partial charge on any atom is 0.573 e. The highest BCUT2D eigenvalue weighted by atomic mass is 35.5. The largest absolute Gasteiger partial charge is 0.573 e. The van der Waals surface area contributed by atoms with E-state index in [2.05, 4.69) is 4.74 Å². The van der Waals surface area contributed by atoms with E-state index in [1.165, 1.54) is 12.1 Å². The van der Waals surface area contributed by atoms with Gasteiger partial charge in [0.2, 0.25) is 0 Å². The number of amides is 1. The molecule has 0 aromatic heterocycles. The van der Waals surface area contributed by atoms with Gasteiger partial charge in [-0.15, -0.1) is 25.6 Å². The molecule has 100 valence electrons. The fourth-order valence-corrected chi connectivity index (χ4v) is 1.03. The molecule has 9 heteroatoms. The van der Waals surface area contributed by atoms with E-state index in [-0.39, 0.29) is 18.0 Å². The number of alkyl halides is 3. The normalized spacial score (nSPS) is 10.2. The first-order valence-electron chi connectivity index (χ1n) is 4.29. The summed E-state index contributed by atoms with van der Waals surface area (Å²) in [7, 11) is 0. The molecule has 0 spiro atoms. The predicted octanol–water partition coefficient (Wildman–Crippen LogP) is 1.63. The van der Waals surface area contributed by atoms with Gasteiger partial charge in [0.15, 0.2) is 5.96 Å². The van der Waals surface area contributed by atoms with Crippen molar-refractivity contribution < 1.29 is 22.7 Å². The number of carbonyl (C=O) groups is 1. The third-order valence-electron chi connectivity index (χ3n) is 1.58. The first-order valence-corrected chi connectivity index (χ1v) is 4.29. The second-order valence-corrected chi connectivity index (χ2v) is 2.94. The van der Waals surface area contributed by atoms with Crippen LogP contribution in [0.15, 0.2) is 24.3 Å². The molecule has 0 fully saturated rings. The van der Waals surface area contributed by atoms with Crippen LogP contribution in [0.3, 0.4) is 0 Å². The van der Waals surface area contributed by atoms with Crippen molar-refractivity contribution in [3.63, 3.8) is 0 Å². The topological polar surface area (TPSA) is 88.2 Å². The first-order chi connectivity index (χ1) is 7.78.